The Bertz CT molecular complexity index is 1350. The molecule has 0 aromatic heterocycles. The highest BCUT2D eigenvalue weighted by molar-refractivity contribution is 5.97. The van der Waals surface area contributed by atoms with E-state index in [-0.39, 0.29) is 167 Å². The summed E-state index contributed by atoms with van der Waals surface area (Å²) in [6, 6.07) is 0. The number of cyclic esters (lactones) is 2. The van der Waals surface area contributed by atoms with Gasteiger partial charge in [0.15, 0.2) is 0 Å². The molecule has 0 amide bonds. The van der Waals surface area contributed by atoms with Crippen LogP contribution in [0.15, 0.2) is 0 Å². The zero-order valence-corrected chi connectivity index (χ0v) is 29.8. The van der Waals surface area contributed by atoms with E-state index in [1.165, 1.54) is 0 Å². The van der Waals surface area contributed by atoms with Gasteiger partial charge in [-0.25, -0.2) is 0 Å². The van der Waals surface area contributed by atoms with Crippen molar-refractivity contribution in [1.29, 1.82) is 0 Å². The minimum Gasteiger partial charge on any atom is -0.481 e. The van der Waals surface area contributed by atoms with Crippen molar-refractivity contribution >= 4 is 29.8 Å². The first kappa shape index (κ1) is 70.2. The molecule has 61 heavy (non-hydrogen) atoms. The molecule has 6 bridgehead atoms. The van der Waals surface area contributed by atoms with Crippen molar-refractivity contribution in [3.05, 3.63) is 0 Å². The van der Waals surface area contributed by atoms with Crippen molar-refractivity contribution < 1.29 is 48.4 Å². The molecule has 0 aromatic rings. The first-order valence-electron chi connectivity index (χ1n) is 19.2. The Balaban J connectivity index is -0.000000630. The summed E-state index contributed by atoms with van der Waals surface area (Å²) in [5.41, 5.74) is -0.659. The third-order valence-corrected chi connectivity index (χ3v) is 14.9. The summed E-state index contributed by atoms with van der Waals surface area (Å²) in [6.07, 6.45) is 7.27. The lowest BCUT2D eigenvalue weighted by Gasteiger charge is -2.48. The summed E-state index contributed by atoms with van der Waals surface area (Å²) in [7, 11) is 0. The van der Waals surface area contributed by atoms with Crippen LogP contribution in [-0.4, -0.2) is 58.9 Å². The van der Waals surface area contributed by atoms with Crippen LogP contribution in [0.5, 0.6) is 0 Å². The highest BCUT2D eigenvalue weighted by atomic mass is 16.6. The van der Waals surface area contributed by atoms with Crippen LogP contribution >= 0.6 is 0 Å². The molecule has 0 aromatic carbocycles. The van der Waals surface area contributed by atoms with E-state index in [4.69, 9.17) is 19.3 Å². The summed E-state index contributed by atoms with van der Waals surface area (Å²) in [4.78, 5) is 67.9. The number of ether oxygens (including phenoxy) is 3. The number of carboxylic acids is 1. The monoisotopic (exact) mass is 877 g/mol. The minimum atomic E-state index is -0.984. The number of rotatable bonds is 11. The Labute approximate surface area is 378 Å². The molecule has 10 heteroatoms. The normalized spacial score (nSPS) is 37.3. The lowest BCUT2D eigenvalue weighted by molar-refractivity contribution is -0.169. The van der Waals surface area contributed by atoms with Gasteiger partial charge in [0.25, 0.3) is 0 Å². The topological polar surface area (TPSA) is 154 Å². The second-order valence-electron chi connectivity index (χ2n) is 18.1. The SMILES string of the molecule is C.C.C.C.C.C.C.C.C.C.C.C.CC1C2CCC(C2)C1C1C(=O)OC(=O)C1C1C2CC(CC2C(=O)OC(C)(C)C)C1C1C(C)C2CC1C(C(=O)O)C2C(=O)OCCCCCO. The second-order valence-corrected chi connectivity index (χ2v) is 18.1. The quantitative estimate of drug-likeness (QED) is 0.0887. The second kappa shape index (κ2) is 26.3. The van der Waals surface area contributed by atoms with Gasteiger partial charge in [0.1, 0.15) is 5.60 Å². The van der Waals surface area contributed by atoms with E-state index in [1.807, 2.05) is 20.8 Å². The average Bonchev–Trinajstić information content (AvgIpc) is 3.87. The summed E-state index contributed by atoms with van der Waals surface area (Å²) < 4.78 is 17.1. The lowest BCUT2D eigenvalue weighted by atomic mass is 9.54. The van der Waals surface area contributed by atoms with Gasteiger partial charge in [0.05, 0.1) is 36.2 Å². The van der Waals surface area contributed by atoms with Crippen LogP contribution in [0.25, 0.3) is 0 Å². The fourth-order valence-corrected chi connectivity index (χ4v) is 13.4. The summed E-state index contributed by atoms with van der Waals surface area (Å²) >= 11 is 0. The minimum absolute atomic E-state index is 0. The number of carbonyl (C=O) groups excluding carboxylic acids is 4. The van der Waals surface area contributed by atoms with Crippen LogP contribution in [-0.2, 0) is 38.2 Å². The maximum atomic E-state index is 14.0. The lowest BCUT2D eigenvalue weighted by Crippen LogP contribution is -2.51. The van der Waals surface area contributed by atoms with Crippen LogP contribution in [0.2, 0.25) is 0 Å². The predicted molar refractivity (Wildman–Crippen MR) is 256 cm³/mol. The van der Waals surface area contributed by atoms with Gasteiger partial charge in [-0.2, -0.15) is 0 Å². The zero-order valence-electron chi connectivity index (χ0n) is 29.8. The van der Waals surface area contributed by atoms with Crippen molar-refractivity contribution in [3.8, 4) is 0 Å². The van der Waals surface area contributed by atoms with Crippen LogP contribution < -0.4 is 0 Å². The standard InChI is InChI=1S/C39H56O10.12CH4/c1-17-19-9-10-20(13-19)26(17)32-33(38(46)48-37(32)45)29-23-14-21(15-24(23)35(43)49-39(3,4)5)28(29)27-18(2)22-16-25(27)30(34(41)42)31(22)36(44)47-12-8-6-7-11-40;;;;;;;;;;;;/h17-33,40H,6-16H2,1-5H3,(H,41,42);12*1H4. The van der Waals surface area contributed by atoms with Crippen LogP contribution in [0, 0.1) is 101 Å². The molecular formula is C51H104O10. The van der Waals surface area contributed by atoms with Crippen LogP contribution in [0.1, 0.15) is 182 Å². The van der Waals surface area contributed by atoms with Crippen molar-refractivity contribution in [2.24, 2.45) is 101 Å². The van der Waals surface area contributed by atoms with Crippen molar-refractivity contribution in [2.75, 3.05) is 13.2 Å². The predicted octanol–water partition coefficient (Wildman–Crippen LogP) is 12.8. The molecule has 6 aliphatic carbocycles. The summed E-state index contributed by atoms with van der Waals surface area (Å²) in [5, 5.41) is 19.7. The van der Waals surface area contributed by atoms with E-state index in [2.05, 4.69) is 13.8 Å². The molecule has 1 heterocycles. The molecule has 6 saturated carbocycles. The average molecular weight is 877 g/mol. The Morgan fingerprint density at radius 1 is 0.607 bits per heavy atom. The Morgan fingerprint density at radius 2 is 1.16 bits per heavy atom. The fourth-order valence-electron chi connectivity index (χ4n) is 13.4. The Kier molecular flexibility index (Phi) is 30.3. The number of hydrogen-bond donors (Lipinski definition) is 2. The number of aliphatic hydroxyl groups excluding tert-OH is 1. The van der Waals surface area contributed by atoms with E-state index >= 15 is 0 Å². The molecule has 368 valence electrons. The van der Waals surface area contributed by atoms with E-state index in [1.54, 1.807) is 0 Å². The van der Waals surface area contributed by atoms with Crippen molar-refractivity contribution in [2.45, 2.75) is 187 Å². The third-order valence-electron chi connectivity index (χ3n) is 14.9. The highest BCUT2D eigenvalue weighted by Gasteiger charge is 2.71. The van der Waals surface area contributed by atoms with E-state index in [0.29, 0.717) is 43.4 Å². The van der Waals surface area contributed by atoms with E-state index in [0.717, 1.165) is 32.1 Å². The number of unbranched alkanes of at least 4 members (excludes halogenated alkanes) is 2. The largest absolute Gasteiger partial charge is 0.481 e. The van der Waals surface area contributed by atoms with Gasteiger partial charge in [-0.3, -0.25) is 24.0 Å². The molecule has 1 aliphatic heterocycles. The van der Waals surface area contributed by atoms with Gasteiger partial charge in [0.2, 0.25) is 0 Å². The van der Waals surface area contributed by atoms with Crippen LogP contribution in [0.4, 0.5) is 0 Å². The molecular weight excluding hydrogens is 773 g/mol. The van der Waals surface area contributed by atoms with Crippen LogP contribution in [0.3, 0.4) is 0 Å². The number of carboxylic acid groups (broad SMARTS) is 1. The number of carbonyl (C=O) groups is 5. The van der Waals surface area contributed by atoms with Gasteiger partial charge in [0, 0.05) is 6.61 Å². The number of hydrogen-bond acceptors (Lipinski definition) is 9. The van der Waals surface area contributed by atoms with Crippen molar-refractivity contribution in [1.82, 2.24) is 0 Å². The van der Waals surface area contributed by atoms with Gasteiger partial charge in [-0.1, -0.05) is 103 Å². The number of aliphatic carboxylic acids is 1. The van der Waals surface area contributed by atoms with Gasteiger partial charge >= 0.3 is 29.8 Å². The molecule has 0 radical (unpaired) electrons. The third kappa shape index (κ3) is 11.8. The zero-order chi connectivity index (χ0) is 35.1. The summed E-state index contributed by atoms with van der Waals surface area (Å²) in [5.74, 6) is -5.26. The highest BCUT2D eigenvalue weighted by Crippen LogP contribution is 2.70. The number of fused-ring (bicyclic) bond motifs is 6. The molecule has 2 N–H and O–H groups in total. The molecule has 7 aliphatic rings. The van der Waals surface area contributed by atoms with E-state index < -0.39 is 53.1 Å². The Hall–Kier alpha value is -2.49. The molecule has 17 unspecified atom stereocenters. The van der Waals surface area contributed by atoms with E-state index in [9.17, 15) is 29.1 Å². The molecule has 17 atom stereocenters. The number of esters is 4. The van der Waals surface area contributed by atoms with Gasteiger partial charge in [-0.15, -0.1) is 0 Å². The smallest absolute Gasteiger partial charge is 0.317 e. The Morgan fingerprint density at radius 3 is 1.67 bits per heavy atom. The first-order valence-corrected chi connectivity index (χ1v) is 19.2. The molecule has 7 rings (SSSR count). The van der Waals surface area contributed by atoms with Gasteiger partial charge < -0.3 is 24.4 Å². The molecule has 7 fully saturated rings. The van der Waals surface area contributed by atoms with Crippen molar-refractivity contribution in [3.63, 3.8) is 0 Å². The fraction of sp³-hybridized carbons (Fsp3) is 0.902. The maximum absolute atomic E-state index is 14.0. The first-order chi connectivity index (χ1) is 23.2. The number of aliphatic hydroxyl groups is 1. The molecule has 0 spiro atoms. The maximum Gasteiger partial charge on any atom is 0.317 e. The van der Waals surface area contributed by atoms with Gasteiger partial charge in [-0.05, 0) is 150 Å². The summed E-state index contributed by atoms with van der Waals surface area (Å²) in [6.45, 7) is 10.2. The molecule has 10 nitrogen and oxygen atoms in total. The molecule has 1 saturated heterocycles.